The summed E-state index contributed by atoms with van der Waals surface area (Å²) in [6.07, 6.45) is 0. The van der Waals surface area contributed by atoms with Crippen LogP contribution in [-0.4, -0.2) is 36.6 Å². The quantitative estimate of drug-likeness (QED) is 0.380. The number of aliphatic carboxylic acids is 1. The zero-order chi connectivity index (χ0) is 10.3. The maximum atomic E-state index is 10.4. The minimum absolute atomic E-state index is 0.0983. The van der Waals surface area contributed by atoms with E-state index < -0.39 is 5.97 Å². The van der Waals surface area contributed by atoms with Crippen molar-refractivity contribution in [3.8, 4) is 0 Å². The van der Waals surface area contributed by atoms with Crippen molar-refractivity contribution in [2.45, 2.75) is 6.92 Å². The minimum atomic E-state index is -1.01. The predicted molar refractivity (Wildman–Crippen MR) is 48.3 cm³/mol. The lowest BCUT2D eigenvalue weighted by atomic mass is 10.3. The zero-order valence-corrected chi connectivity index (χ0v) is 7.59. The van der Waals surface area contributed by atoms with E-state index in [1.165, 1.54) is 6.92 Å². The predicted octanol–water partition coefficient (Wildman–Crippen LogP) is -0.647. The molecule has 0 bridgehead atoms. The van der Waals surface area contributed by atoms with Crippen LogP contribution in [0.1, 0.15) is 6.92 Å². The first-order valence-electron chi connectivity index (χ1n) is 3.90. The lowest BCUT2D eigenvalue weighted by Crippen LogP contribution is -2.31. The van der Waals surface area contributed by atoms with Gasteiger partial charge in [-0.15, -0.1) is 0 Å². The maximum absolute atomic E-state index is 10.4. The molecule has 0 heterocycles. The highest BCUT2D eigenvalue weighted by molar-refractivity contribution is 5.86. The summed E-state index contributed by atoms with van der Waals surface area (Å²) in [6, 6.07) is 0. The lowest BCUT2D eigenvalue weighted by molar-refractivity contribution is -0.132. The van der Waals surface area contributed by atoms with Gasteiger partial charge in [-0.3, -0.25) is 4.79 Å². The SMILES string of the molecule is C=C(CNCCNC(C)=O)C(=O)O. The Morgan fingerprint density at radius 1 is 1.38 bits per heavy atom. The molecule has 0 saturated carbocycles. The number of hydrogen-bond donors (Lipinski definition) is 3. The molecule has 0 radical (unpaired) electrons. The van der Waals surface area contributed by atoms with Crippen molar-refractivity contribution in [3.63, 3.8) is 0 Å². The molecule has 5 heteroatoms. The molecule has 0 aliphatic rings. The molecule has 74 valence electrons. The number of hydrogen-bond acceptors (Lipinski definition) is 3. The summed E-state index contributed by atoms with van der Waals surface area (Å²) >= 11 is 0. The van der Waals surface area contributed by atoms with Crippen molar-refractivity contribution < 1.29 is 14.7 Å². The van der Waals surface area contributed by atoms with Crippen LogP contribution >= 0.6 is 0 Å². The van der Waals surface area contributed by atoms with Crippen molar-refractivity contribution in [1.29, 1.82) is 0 Å². The molecule has 13 heavy (non-hydrogen) atoms. The van der Waals surface area contributed by atoms with Crippen LogP contribution in [0.25, 0.3) is 0 Å². The normalized spacial score (nSPS) is 9.31. The third-order valence-corrected chi connectivity index (χ3v) is 1.32. The Labute approximate surface area is 76.8 Å². The number of carboxylic acids is 1. The number of carbonyl (C=O) groups excluding carboxylic acids is 1. The first-order chi connectivity index (χ1) is 6.04. The summed E-state index contributed by atoms with van der Waals surface area (Å²) < 4.78 is 0. The molecule has 3 N–H and O–H groups in total. The van der Waals surface area contributed by atoms with E-state index >= 15 is 0 Å². The molecule has 0 aliphatic carbocycles. The van der Waals surface area contributed by atoms with Gasteiger partial charge in [0.15, 0.2) is 0 Å². The molecule has 0 fully saturated rings. The highest BCUT2D eigenvalue weighted by Gasteiger charge is 2.01. The largest absolute Gasteiger partial charge is 0.478 e. The van der Waals surface area contributed by atoms with Crippen LogP contribution in [0.3, 0.4) is 0 Å². The topological polar surface area (TPSA) is 78.4 Å². The van der Waals surface area contributed by atoms with E-state index in [0.717, 1.165) is 0 Å². The highest BCUT2D eigenvalue weighted by Crippen LogP contribution is 1.84. The monoisotopic (exact) mass is 186 g/mol. The third kappa shape index (κ3) is 7.02. The van der Waals surface area contributed by atoms with E-state index in [1.807, 2.05) is 0 Å². The summed E-state index contributed by atoms with van der Waals surface area (Å²) in [4.78, 5) is 20.7. The molecular weight excluding hydrogens is 172 g/mol. The lowest BCUT2D eigenvalue weighted by Gasteiger charge is -2.04. The molecule has 0 unspecified atom stereocenters. The Balaban J connectivity index is 3.31. The Kier molecular flexibility index (Phi) is 5.54. The second-order valence-electron chi connectivity index (χ2n) is 2.57. The molecule has 5 nitrogen and oxygen atoms in total. The van der Waals surface area contributed by atoms with Crippen molar-refractivity contribution in [2.24, 2.45) is 0 Å². The first-order valence-corrected chi connectivity index (χ1v) is 3.90. The van der Waals surface area contributed by atoms with Gasteiger partial charge in [-0.25, -0.2) is 4.79 Å². The van der Waals surface area contributed by atoms with Gasteiger partial charge in [0.25, 0.3) is 0 Å². The van der Waals surface area contributed by atoms with Gasteiger partial charge in [0.05, 0.1) is 0 Å². The molecule has 0 spiro atoms. The van der Waals surface area contributed by atoms with E-state index in [9.17, 15) is 9.59 Å². The molecule has 0 aliphatic heterocycles. The Morgan fingerprint density at radius 2 is 2.00 bits per heavy atom. The third-order valence-electron chi connectivity index (χ3n) is 1.32. The number of carbonyl (C=O) groups is 2. The zero-order valence-electron chi connectivity index (χ0n) is 7.59. The van der Waals surface area contributed by atoms with Crippen molar-refractivity contribution in [3.05, 3.63) is 12.2 Å². The van der Waals surface area contributed by atoms with Crippen molar-refractivity contribution >= 4 is 11.9 Å². The number of carboxylic acid groups (broad SMARTS) is 1. The number of rotatable bonds is 6. The van der Waals surface area contributed by atoms with Crippen LogP contribution in [0.2, 0.25) is 0 Å². The van der Waals surface area contributed by atoms with E-state index in [4.69, 9.17) is 5.11 Å². The molecule has 0 rings (SSSR count). The maximum Gasteiger partial charge on any atom is 0.332 e. The highest BCUT2D eigenvalue weighted by atomic mass is 16.4. The first kappa shape index (κ1) is 11.6. The molecule has 0 saturated heterocycles. The Bertz CT molecular complexity index is 213. The fraction of sp³-hybridized carbons (Fsp3) is 0.500. The van der Waals surface area contributed by atoms with Gasteiger partial charge >= 0.3 is 5.97 Å². The average molecular weight is 186 g/mol. The van der Waals surface area contributed by atoms with Crippen molar-refractivity contribution in [2.75, 3.05) is 19.6 Å². The van der Waals surface area contributed by atoms with Gasteiger partial charge in [-0.2, -0.15) is 0 Å². The number of nitrogens with one attached hydrogen (secondary N) is 2. The number of amides is 1. The van der Waals surface area contributed by atoms with Crippen LogP contribution in [0.5, 0.6) is 0 Å². The Morgan fingerprint density at radius 3 is 2.46 bits per heavy atom. The molecular formula is C8H14N2O3. The van der Waals surface area contributed by atoms with Crippen molar-refractivity contribution in [1.82, 2.24) is 10.6 Å². The van der Waals surface area contributed by atoms with Gasteiger partial charge in [0, 0.05) is 32.1 Å². The summed E-state index contributed by atoms with van der Waals surface area (Å²) in [7, 11) is 0. The summed E-state index contributed by atoms with van der Waals surface area (Å²) in [5.74, 6) is -1.11. The van der Waals surface area contributed by atoms with Crippen LogP contribution in [-0.2, 0) is 9.59 Å². The smallest absolute Gasteiger partial charge is 0.332 e. The average Bonchev–Trinajstić information content (AvgIpc) is 2.02. The van der Waals surface area contributed by atoms with Gasteiger partial charge in [-0.05, 0) is 0 Å². The van der Waals surface area contributed by atoms with E-state index in [-0.39, 0.29) is 18.0 Å². The Hall–Kier alpha value is -1.36. The van der Waals surface area contributed by atoms with Crippen LogP contribution in [0.4, 0.5) is 0 Å². The fourth-order valence-electron chi connectivity index (χ4n) is 0.642. The fourth-order valence-corrected chi connectivity index (χ4v) is 0.642. The van der Waals surface area contributed by atoms with E-state index in [1.54, 1.807) is 0 Å². The van der Waals surface area contributed by atoms with Crippen LogP contribution in [0, 0.1) is 0 Å². The molecule has 0 aromatic carbocycles. The minimum Gasteiger partial charge on any atom is -0.478 e. The van der Waals surface area contributed by atoms with Gasteiger partial charge in [0.1, 0.15) is 0 Å². The van der Waals surface area contributed by atoms with Gasteiger partial charge in [-0.1, -0.05) is 6.58 Å². The van der Waals surface area contributed by atoms with E-state index in [0.29, 0.717) is 13.1 Å². The summed E-state index contributed by atoms with van der Waals surface area (Å²) in [5.41, 5.74) is 0.114. The van der Waals surface area contributed by atoms with E-state index in [2.05, 4.69) is 17.2 Å². The summed E-state index contributed by atoms with van der Waals surface area (Å²) in [5, 5.41) is 13.8. The molecule has 1 amide bonds. The second-order valence-corrected chi connectivity index (χ2v) is 2.57. The standard InChI is InChI=1S/C8H14N2O3/c1-6(8(12)13)5-9-3-4-10-7(2)11/h9H,1,3-5H2,2H3,(H,10,11)(H,12,13). The molecule has 0 aromatic heterocycles. The van der Waals surface area contributed by atoms with Crippen LogP contribution in [0.15, 0.2) is 12.2 Å². The van der Waals surface area contributed by atoms with Crippen LogP contribution < -0.4 is 10.6 Å². The van der Waals surface area contributed by atoms with Gasteiger partial charge < -0.3 is 15.7 Å². The molecule has 0 aromatic rings. The van der Waals surface area contributed by atoms with Gasteiger partial charge in [0.2, 0.25) is 5.91 Å². The summed E-state index contributed by atoms with van der Waals surface area (Å²) in [6.45, 7) is 6.02. The molecule has 0 atom stereocenters. The second kappa shape index (κ2) is 6.19.